The minimum atomic E-state index is 1.03. The second kappa shape index (κ2) is 23.8. The predicted octanol–water partition coefficient (Wildman–Crippen LogP) is 17.4. The number of hydrogen-bond donors (Lipinski definition) is 0. The number of aromatic nitrogens is 4. The molecule has 382 valence electrons. The molecular weight excluding hydrogens is 1010 g/mol. The second-order valence-electron chi connectivity index (χ2n) is 21.0. The average Bonchev–Trinajstić information content (AvgIpc) is 4.41. The van der Waals surface area contributed by atoms with Crippen LogP contribution in [0.3, 0.4) is 0 Å². The first-order valence-corrected chi connectivity index (χ1v) is 28.4. The van der Waals surface area contributed by atoms with Gasteiger partial charge in [0.05, 0.1) is 17.9 Å². The van der Waals surface area contributed by atoms with Crippen molar-refractivity contribution in [3.05, 3.63) is 289 Å². The normalized spacial score (nSPS) is 11.2. The van der Waals surface area contributed by atoms with E-state index in [1.54, 1.807) is 12.5 Å². The Balaban J connectivity index is 0.0000000896. The van der Waals surface area contributed by atoms with Crippen molar-refractivity contribution in [2.75, 3.05) is 0 Å². The zero-order valence-corrected chi connectivity index (χ0v) is 46.0. The molecule has 0 saturated heterocycles. The van der Waals surface area contributed by atoms with E-state index < -0.39 is 0 Å². The predicted molar refractivity (Wildman–Crippen MR) is 368 cm³/mol. The van der Waals surface area contributed by atoms with Gasteiger partial charge in [0.25, 0.3) is 0 Å². The Morgan fingerprint density at radius 2 is 0.738 bits per heavy atom. The topological polar surface area (TPSA) is 51.6 Å². The van der Waals surface area contributed by atoms with E-state index in [1.165, 1.54) is 119 Å². The summed E-state index contributed by atoms with van der Waals surface area (Å²) in [5, 5.41) is 34.8. The molecule has 0 fully saturated rings. The smallest absolute Gasteiger partial charge is 0.116 e. The van der Waals surface area contributed by atoms with Crippen molar-refractivity contribution in [2.24, 2.45) is 0 Å². The number of rotatable bonds is 0. The molecule has 0 saturated carbocycles. The third kappa shape index (κ3) is 10.6. The molecule has 0 atom stereocenters. The van der Waals surface area contributed by atoms with Gasteiger partial charge in [-0.3, -0.25) is 0 Å². The summed E-state index contributed by atoms with van der Waals surface area (Å²) in [6.45, 7) is 12.7. The fourth-order valence-corrected chi connectivity index (χ4v) is 11.9. The van der Waals surface area contributed by atoms with Gasteiger partial charge in [-0.15, -0.1) is 0 Å². The molecule has 5 heterocycles. The van der Waals surface area contributed by atoms with Gasteiger partial charge >= 0.3 is 250 Å². The zero-order valence-electron chi connectivity index (χ0n) is 46.0. The Bertz CT molecular complexity index is 4360. The molecular formula is C74H48B6N4. The fourth-order valence-electron chi connectivity index (χ4n) is 11.9. The van der Waals surface area contributed by atoms with Crippen molar-refractivity contribution in [1.29, 1.82) is 0 Å². The van der Waals surface area contributed by atoms with Crippen LogP contribution < -0.4 is 0 Å². The van der Waals surface area contributed by atoms with Crippen LogP contribution in [0, 0.1) is 0 Å². The maximum absolute atomic E-state index is 4.30. The minimum absolute atomic E-state index is 1.03. The quantitative estimate of drug-likeness (QED) is 0.142. The third-order valence-corrected chi connectivity index (χ3v) is 16.0. The summed E-state index contributed by atoms with van der Waals surface area (Å²) in [5.41, 5.74) is 6.49. The molecule has 12 aromatic carbocycles. The molecule has 0 unspecified atom stereocenters. The molecule has 10 heteroatoms. The minimum Gasteiger partial charge on any atom is -0.244 e. The Morgan fingerprint density at radius 1 is 0.274 bits per heavy atom. The summed E-state index contributed by atoms with van der Waals surface area (Å²) in [4.78, 5) is 8.31. The summed E-state index contributed by atoms with van der Waals surface area (Å²) < 4.78 is 0. The van der Waals surface area contributed by atoms with Crippen LogP contribution in [0.25, 0.3) is 143 Å². The van der Waals surface area contributed by atoms with Crippen LogP contribution in [0.15, 0.2) is 267 Å². The molecule has 0 bridgehead atoms. The van der Waals surface area contributed by atoms with E-state index in [4.69, 9.17) is 0 Å². The van der Waals surface area contributed by atoms with Gasteiger partial charge in [0.1, 0.15) is 6.33 Å². The number of benzene rings is 12. The molecule has 5 aromatic heterocycles. The van der Waals surface area contributed by atoms with Gasteiger partial charge in [-0.1, -0.05) is 121 Å². The first-order valence-electron chi connectivity index (χ1n) is 28.4. The van der Waals surface area contributed by atoms with Gasteiger partial charge in [0.2, 0.25) is 0 Å². The van der Waals surface area contributed by atoms with E-state index in [9.17, 15) is 0 Å². The molecule has 2 aliphatic carbocycles. The van der Waals surface area contributed by atoms with Crippen molar-refractivity contribution in [3.8, 4) is 0 Å². The maximum atomic E-state index is 4.30. The van der Waals surface area contributed by atoms with Crippen molar-refractivity contribution in [1.82, 2.24) is 20.2 Å². The van der Waals surface area contributed by atoms with Crippen LogP contribution in [0.4, 0.5) is 0 Å². The van der Waals surface area contributed by atoms with Crippen LogP contribution in [-0.2, 0) is 0 Å². The molecule has 0 spiro atoms. The maximum Gasteiger partial charge on any atom is 0.116 e. The van der Waals surface area contributed by atoms with Crippen molar-refractivity contribution < 1.29 is 0 Å². The first-order chi connectivity index (χ1) is 41.7. The molecule has 84 heavy (non-hydrogen) atoms. The monoisotopic (exact) mass is 1060 g/mol. The van der Waals surface area contributed by atoms with E-state index in [2.05, 4.69) is 303 Å². The Kier molecular flexibility index (Phi) is 14.8. The zero-order chi connectivity index (χ0) is 56.0. The van der Waals surface area contributed by atoms with Gasteiger partial charge in [-0.05, 0) is 49.2 Å². The van der Waals surface area contributed by atoms with E-state index in [-0.39, 0.29) is 0 Å². The Hall–Kier alpha value is -10.0. The molecule has 0 amide bonds. The fraction of sp³-hybridized carbons (Fsp3) is 0. The van der Waals surface area contributed by atoms with Crippen LogP contribution >= 0.6 is 0 Å². The number of fused-ring (bicyclic) bond motifs is 15. The second-order valence-corrected chi connectivity index (χ2v) is 21.0. The van der Waals surface area contributed by atoms with E-state index in [0.29, 0.717) is 0 Å². The van der Waals surface area contributed by atoms with Crippen molar-refractivity contribution >= 4 is 184 Å². The summed E-state index contributed by atoms with van der Waals surface area (Å²) in [5.74, 6) is 8.51. The molecule has 2 aliphatic rings. The summed E-state index contributed by atoms with van der Waals surface area (Å²) in [7, 11) is 0. The first kappa shape index (κ1) is 52.1. The van der Waals surface area contributed by atoms with E-state index in [1.807, 2.05) is 36.7 Å². The molecule has 17 aromatic rings. The van der Waals surface area contributed by atoms with E-state index in [0.717, 1.165) is 21.7 Å². The van der Waals surface area contributed by atoms with Crippen LogP contribution in [0.1, 0.15) is 22.3 Å². The third-order valence-electron chi connectivity index (χ3n) is 16.0. The van der Waals surface area contributed by atoms with Crippen LogP contribution in [0.2, 0.25) is 0 Å². The van der Waals surface area contributed by atoms with Gasteiger partial charge < -0.3 is 0 Å². The van der Waals surface area contributed by atoms with Crippen LogP contribution in [-0.4, -0.2) is 60.9 Å². The largest absolute Gasteiger partial charge is 0.244 e. The van der Waals surface area contributed by atoms with Crippen LogP contribution in [0.5, 0.6) is 0 Å². The van der Waals surface area contributed by atoms with Gasteiger partial charge in [-0.2, -0.15) is 10.2 Å². The van der Waals surface area contributed by atoms with Crippen molar-refractivity contribution in [3.63, 3.8) is 0 Å². The summed E-state index contributed by atoms with van der Waals surface area (Å²) in [6.07, 6.45) is 15.9. The molecule has 0 radical (unpaired) electrons. The standard InChI is InChI=1S/C14H8.3C12H8B2.2C12H8N2/c1-2-10-7-8-12-4-3-11-6-5-9(1)13(10)14(11)12;1-2-4-11-9(3-1)5-6-10-7-13-14-8-12(10)11;1-2-4-11-9(3-1)5-6-10-7-8-13-14-12(10)11;1-2-4-10-9(3-1)5-6-12-11(10)7-8-13-14-12;1-2-4-11-9(3-1)5-6-10-7-13-8-14-12(10)11;1-2-4-11-9(3-1)5-6-10-7-13-14-8-12(10)11/h6*1-8H. The number of hydrogen-bond acceptors (Lipinski definition) is 4. The molecule has 0 N–H and O–H groups in total. The summed E-state index contributed by atoms with van der Waals surface area (Å²) in [6, 6.07) is 76.7. The SMILES string of the molecule is C1=Cc2ccc3c4c(ccc1c24)C=C3.b1bc2c(cc1)ccc1ccccc12.b1bc2ccc3ccccc3c2cc1.b1bcc2c(c1)ccc1ccccc12.c1ccc2c(c1)ccc1cncnc12.c1ccc2c(c1)ccc1cnncc12. The Labute approximate surface area is 490 Å². The van der Waals surface area contributed by atoms with Gasteiger partial charge in [-0.25, -0.2) is 9.97 Å². The van der Waals surface area contributed by atoms with Gasteiger partial charge in [0, 0.05) is 27.7 Å². The Morgan fingerprint density at radius 3 is 1.39 bits per heavy atom. The molecule has 4 nitrogen and oxygen atoms in total. The summed E-state index contributed by atoms with van der Waals surface area (Å²) >= 11 is 0. The molecule has 19 rings (SSSR count). The van der Waals surface area contributed by atoms with Gasteiger partial charge in [0.15, 0.2) is 0 Å². The molecule has 0 aliphatic heterocycles. The number of nitrogens with zero attached hydrogens (tertiary/aromatic N) is 4. The van der Waals surface area contributed by atoms with Crippen molar-refractivity contribution in [2.45, 2.75) is 0 Å². The van der Waals surface area contributed by atoms with E-state index >= 15 is 0 Å². The average molecular weight is 1060 g/mol.